The molecule has 0 aliphatic carbocycles. The van der Waals surface area contributed by atoms with Crippen LogP contribution in [0.1, 0.15) is 51.4 Å². The molecule has 1 aromatic carbocycles. The van der Waals surface area contributed by atoms with Crippen molar-refractivity contribution in [3.8, 4) is 11.3 Å². The molecular weight excluding hydrogens is 314 g/mol. The fourth-order valence-corrected chi connectivity index (χ4v) is 3.32. The number of aliphatic hydroxyl groups excluding tert-OH is 1. The van der Waals surface area contributed by atoms with Crippen molar-refractivity contribution in [1.82, 2.24) is 14.9 Å². The van der Waals surface area contributed by atoms with Crippen LogP contribution in [-0.2, 0) is 4.79 Å². The standard InChI is InChI=1S/C20H27N3O2/c1-14(2)18(24)12-19(25)23-11-7-6-10-17(23)20-21-13-16(22-20)15-8-4-3-5-9-15/h3-5,8-9,13-14,17-18,24H,6-7,10-12H2,1-2H3,(H,21,22). The van der Waals surface area contributed by atoms with Crippen molar-refractivity contribution in [3.05, 3.63) is 42.4 Å². The Kier molecular flexibility index (Phi) is 5.53. The topological polar surface area (TPSA) is 69.2 Å². The molecule has 2 aromatic rings. The maximum absolute atomic E-state index is 12.7. The van der Waals surface area contributed by atoms with Crippen molar-refractivity contribution in [2.45, 2.75) is 51.7 Å². The number of imidazole rings is 1. The summed E-state index contributed by atoms with van der Waals surface area (Å²) in [6, 6.07) is 10.0. The number of benzene rings is 1. The zero-order chi connectivity index (χ0) is 17.8. The number of piperidine rings is 1. The normalized spacial score (nSPS) is 19.2. The summed E-state index contributed by atoms with van der Waals surface area (Å²) in [6.07, 6.45) is 4.43. The number of amides is 1. The van der Waals surface area contributed by atoms with E-state index < -0.39 is 6.10 Å². The van der Waals surface area contributed by atoms with E-state index in [0.29, 0.717) is 0 Å². The van der Waals surface area contributed by atoms with Gasteiger partial charge in [0, 0.05) is 6.54 Å². The molecule has 5 heteroatoms. The van der Waals surface area contributed by atoms with Crippen LogP contribution in [-0.4, -0.2) is 38.5 Å². The smallest absolute Gasteiger partial charge is 0.225 e. The van der Waals surface area contributed by atoms with E-state index in [1.807, 2.05) is 55.3 Å². The number of aromatic amines is 1. The van der Waals surface area contributed by atoms with E-state index in [-0.39, 0.29) is 24.3 Å². The van der Waals surface area contributed by atoms with Crippen molar-refractivity contribution < 1.29 is 9.90 Å². The molecule has 1 aliphatic heterocycles. The summed E-state index contributed by atoms with van der Waals surface area (Å²) in [5.74, 6) is 0.940. The molecule has 25 heavy (non-hydrogen) atoms. The molecule has 1 amide bonds. The predicted octanol–water partition coefficient (Wildman–Crippen LogP) is 3.54. The van der Waals surface area contributed by atoms with Gasteiger partial charge in [0.2, 0.25) is 5.91 Å². The van der Waals surface area contributed by atoms with E-state index in [2.05, 4.69) is 9.97 Å². The second-order valence-electron chi connectivity index (χ2n) is 7.16. The van der Waals surface area contributed by atoms with E-state index in [9.17, 15) is 9.90 Å². The van der Waals surface area contributed by atoms with Crippen molar-refractivity contribution in [3.63, 3.8) is 0 Å². The third kappa shape index (κ3) is 4.10. The van der Waals surface area contributed by atoms with Crippen molar-refractivity contribution in [2.24, 2.45) is 5.92 Å². The van der Waals surface area contributed by atoms with Gasteiger partial charge in [0.1, 0.15) is 5.82 Å². The van der Waals surface area contributed by atoms with Gasteiger partial charge in [0.25, 0.3) is 0 Å². The van der Waals surface area contributed by atoms with Crippen LogP contribution < -0.4 is 0 Å². The number of hydrogen-bond acceptors (Lipinski definition) is 3. The Morgan fingerprint density at radius 2 is 2.08 bits per heavy atom. The Balaban J connectivity index is 1.77. The number of nitrogens with one attached hydrogen (secondary N) is 1. The highest BCUT2D eigenvalue weighted by Crippen LogP contribution is 2.31. The molecule has 1 fully saturated rings. The van der Waals surface area contributed by atoms with Crippen molar-refractivity contribution >= 4 is 5.91 Å². The maximum Gasteiger partial charge on any atom is 0.225 e. The summed E-state index contributed by atoms with van der Waals surface area (Å²) in [7, 11) is 0. The second-order valence-corrected chi connectivity index (χ2v) is 7.16. The average Bonchev–Trinajstić information content (AvgIpc) is 3.12. The monoisotopic (exact) mass is 341 g/mol. The Labute approximate surface area is 149 Å². The molecule has 3 rings (SSSR count). The molecule has 2 unspecified atom stereocenters. The third-order valence-electron chi connectivity index (χ3n) is 4.97. The van der Waals surface area contributed by atoms with Gasteiger partial charge >= 0.3 is 0 Å². The number of H-pyrrole nitrogens is 1. The second kappa shape index (κ2) is 7.83. The first-order valence-corrected chi connectivity index (χ1v) is 9.14. The molecule has 2 heterocycles. The SMILES string of the molecule is CC(C)C(O)CC(=O)N1CCCCC1c1ncc(-c2ccccc2)[nH]1. The average molecular weight is 341 g/mol. The molecule has 5 nitrogen and oxygen atoms in total. The van der Waals surface area contributed by atoms with E-state index >= 15 is 0 Å². The summed E-state index contributed by atoms with van der Waals surface area (Å²) in [6.45, 7) is 4.60. The first-order chi connectivity index (χ1) is 12.1. The summed E-state index contributed by atoms with van der Waals surface area (Å²) in [4.78, 5) is 22.5. The largest absolute Gasteiger partial charge is 0.392 e. The molecule has 1 saturated heterocycles. The minimum Gasteiger partial charge on any atom is -0.392 e. The first-order valence-electron chi connectivity index (χ1n) is 9.14. The summed E-state index contributed by atoms with van der Waals surface area (Å²) in [5.41, 5.74) is 2.06. The van der Waals surface area contributed by atoms with Gasteiger partial charge < -0.3 is 15.0 Å². The fourth-order valence-electron chi connectivity index (χ4n) is 3.32. The fraction of sp³-hybridized carbons (Fsp3) is 0.500. The lowest BCUT2D eigenvalue weighted by Gasteiger charge is -2.35. The molecule has 0 saturated carbocycles. The Morgan fingerprint density at radius 1 is 1.32 bits per heavy atom. The molecule has 134 valence electrons. The minimum absolute atomic E-state index is 0.0172. The highest BCUT2D eigenvalue weighted by Gasteiger charge is 2.31. The number of carbonyl (C=O) groups is 1. The number of carbonyl (C=O) groups excluding carboxylic acids is 1. The number of likely N-dealkylation sites (tertiary alicyclic amines) is 1. The molecular formula is C20H27N3O2. The number of aromatic nitrogens is 2. The Morgan fingerprint density at radius 3 is 2.80 bits per heavy atom. The van der Waals surface area contributed by atoms with Gasteiger partial charge in [-0.15, -0.1) is 0 Å². The third-order valence-corrected chi connectivity index (χ3v) is 4.97. The van der Waals surface area contributed by atoms with Crippen LogP contribution in [0.5, 0.6) is 0 Å². The molecule has 0 bridgehead atoms. The Hall–Kier alpha value is -2.14. The zero-order valence-electron chi connectivity index (χ0n) is 15.0. The van der Waals surface area contributed by atoms with E-state index in [0.717, 1.165) is 42.9 Å². The molecule has 0 radical (unpaired) electrons. The molecule has 1 aromatic heterocycles. The highest BCUT2D eigenvalue weighted by atomic mass is 16.3. The first kappa shape index (κ1) is 17.7. The molecule has 0 spiro atoms. The van der Waals surface area contributed by atoms with E-state index in [4.69, 9.17) is 0 Å². The lowest BCUT2D eigenvalue weighted by atomic mass is 9.98. The summed E-state index contributed by atoms with van der Waals surface area (Å²) < 4.78 is 0. The van der Waals surface area contributed by atoms with Gasteiger partial charge in [0.15, 0.2) is 0 Å². The van der Waals surface area contributed by atoms with Gasteiger partial charge in [-0.25, -0.2) is 4.98 Å². The van der Waals surface area contributed by atoms with Crippen LogP contribution >= 0.6 is 0 Å². The van der Waals surface area contributed by atoms with E-state index in [1.54, 1.807) is 0 Å². The minimum atomic E-state index is -0.591. The Bertz CT molecular complexity index is 696. The van der Waals surface area contributed by atoms with Gasteiger partial charge in [0.05, 0.1) is 30.5 Å². The van der Waals surface area contributed by atoms with Crippen molar-refractivity contribution in [1.29, 1.82) is 0 Å². The van der Waals surface area contributed by atoms with Gasteiger partial charge in [-0.2, -0.15) is 0 Å². The number of aliphatic hydroxyl groups is 1. The van der Waals surface area contributed by atoms with Crippen LogP contribution in [0, 0.1) is 5.92 Å². The van der Waals surface area contributed by atoms with Gasteiger partial charge in [-0.05, 0) is 30.7 Å². The quantitative estimate of drug-likeness (QED) is 0.874. The van der Waals surface area contributed by atoms with Crippen LogP contribution in [0.2, 0.25) is 0 Å². The lowest BCUT2D eigenvalue weighted by molar-refractivity contribution is -0.138. The highest BCUT2D eigenvalue weighted by molar-refractivity contribution is 5.77. The lowest BCUT2D eigenvalue weighted by Crippen LogP contribution is -2.40. The summed E-state index contributed by atoms with van der Waals surface area (Å²) in [5, 5.41) is 10.1. The number of rotatable bonds is 5. The molecule has 2 N–H and O–H groups in total. The van der Waals surface area contributed by atoms with Crippen LogP contribution in [0.3, 0.4) is 0 Å². The zero-order valence-corrected chi connectivity index (χ0v) is 15.0. The number of nitrogens with zero attached hydrogens (tertiary/aromatic N) is 2. The maximum atomic E-state index is 12.7. The van der Waals surface area contributed by atoms with Crippen LogP contribution in [0.4, 0.5) is 0 Å². The molecule has 2 atom stereocenters. The van der Waals surface area contributed by atoms with Crippen molar-refractivity contribution in [2.75, 3.05) is 6.54 Å². The number of hydrogen-bond donors (Lipinski definition) is 2. The molecule has 1 aliphatic rings. The van der Waals surface area contributed by atoms with Gasteiger partial charge in [-0.3, -0.25) is 4.79 Å². The predicted molar refractivity (Wildman–Crippen MR) is 97.8 cm³/mol. The van der Waals surface area contributed by atoms with Gasteiger partial charge in [-0.1, -0.05) is 44.2 Å². The van der Waals surface area contributed by atoms with E-state index in [1.165, 1.54) is 0 Å². The van der Waals surface area contributed by atoms with Crippen LogP contribution in [0.25, 0.3) is 11.3 Å². The summed E-state index contributed by atoms with van der Waals surface area (Å²) >= 11 is 0. The van der Waals surface area contributed by atoms with Crippen LogP contribution in [0.15, 0.2) is 36.5 Å².